The maximum Gasteiger partial charge on any atom is 0.274 e. The Morgan fingerprint density at radius 1 is 1.58 bits per heavy atom. The number of carbonyl (C=O) groups is 1. The first-order chi connectivity index (χ1) is 9.24. The van der Waals surface area contributed by atoms with Crippen LogP contribution in [-0.4, -0.2) is 47.8 Å². The topological polar surface area (TPSA) is 93.4 Å². The summed E-state index contributed by atoms with van der Waals surface area (Å²) < 4.78 is 5.16. The van der Waals surface area contributed by atoms with Crippen LogP contribution in [0.3, 0.4) is 0 Å². The van der Waals surface area contributed by atoms with E-state index in [0.717, 1.165) is 19.4 Å². The van der Waals surface area contributed by atoms with Gasteiger partial charge in [0.2, 0.25) is 0 Å². The minimum Gasteiger partial charge on any atom is -0.384 e. The van der Waals surface area contributed by atoms with Crippen molar-refractivity contribution in [2.75, 3.05) is 32.2 Å². The number of nitrogens with two attached hydrogens (primary N) is 1. The molecule has 1 aliphatic rings. The molecule has 1 aromatic rings. The summed E-state index contributed by atoms with van der Waals surface area (Å²) in [4.78, 5) is 14.1. The summed E-state index contributed by atoms with van der Waals surface area (Å²) in [5.41, 5.74) is 2.73. The summed E-state index contributed by atoms with van der Waals surface area (Å²) in [6.45, 7) is 2.16. The van der Waals surface area contributed by atoms with Crippen LogP contribution in [-0.2, 0) is 4.74 Å². The summed E-state index contributed by atoms with van der Waals surface area (Å²) in [5, 5.41) is 7.69. The van der Waals surface area contributed by atoms with Crippen LogP contribution < -0.4 is 11.3 Å². The monoisotopic (exact) mass is 265 g/mol. The maximum atomic E-state index is 12.3. The summed E-state index contributed by atoms with van der Waals surface area (Å²) >= 11 is 0. The molecule has 1 aromatic heterocycles. The van der Waals surface area contributed by atoms with Crippen molar-refractivity contribution in [1.82, 2.24) is 15.1 Å². The molecule has 1 fully saturated rings. The van der Waals surface area contributed by atoms with Crippen LogP contribution in [0.2, 0.25) is 0 Å². The number of carbonyl (C=O) groups excluding carboxylic acids is 1. The number of piperidine rings is 1. The Morgan fingerprint density at radius 2 is 2.42 bits per heavy atom. The molecule has 0 saturated carbocycles. The van der Waals surface area contributed by atoms with Crippen LogP contribution in [0.5, 0.6) is 0 Å². The fourth-order valence-electron chi connectivity index (χ4n) is 2.31. The minimum absolute atomic E-state index is 0.0862. The van der Waals surface area contributed by atoms with Gasteiger partial charge in [-0.2, -0.15) is 0 Å². The highest BCUT2D eigenvalue weighted by atomic mass is 16.5. The van der Waals surface area contributed by atoms with E-state index in [1.807, 2.05) is 4.90 Å². The molecular formula is C12H19N5O2. The summed E-state index contributed by atoms with van der Waals surface area (Å²) in [7, 11) is 1.69. The third kappa shape index (κ3) is 3.39. The average molecular weight is 265 g/mol. The fraction of sp³-hybridized carbons (Fsp3) is 0.583. The molecule has 1 atom stereocenters. The zero-order valence-electron chi connectivity index (χ0n) is 11.0. The van der Waals surface area contributed by atoms with Crippen LogP contribution in [0.1, 0.15) is 23.3 Å². The van der Waals surface area contributed by atoms with E-state index in [1.165, 1.54) is 0 Å². The number of aromatic nitrogens is 2. The third-order valence-corrected chi connectivity index (χ3v) is 3.24. The average Bonchev–Trinajstić information content (AvgIpc) is 2.47. The van der Waals surface area contributed by atoms with E-state index < -0.39 is 0 Å². The number of likely N-dealkylation sites (tertiary alicyclic amines) is 1. The van der Waals surface area contributed by atoms with Gasteiger partial charge < -0.3 is 15.1 Å². The van der Waals surface area contributed by atoms with Crippen molar-refractivity contribution in [1.29, 1.82) is 0 Å². The molecule has 1 aliphatic heterocycles. The number of hydrogen-bond donors (Lipinski definition) is 2. The van der Waals surface area contributed by atoms with E-state index >= 15 is 0 Å². The van der Waals surface area contributed by atoms with Crippen molar-refractivity contribution in [3.8, 4) is 0 Å². The second kappa shape index (κ2) is 6.44. The van der Waals surface area contributed by atoms with Crippen LogP contribution >= 0.6 is 0 Å². The molecule has 1 unspecified atom stereocenters. The van der Waals surface area contributed by atoms with Crippen molar-refractivity contribution >= 4 is 11.7 Å². The van der Waals surface area contributed by atoms with Gasteiger partial charge >= 0.3 is 0 Å². The molecule has 104 valence electrons. The second-order valence-corrected chi connectivity index (χ2v) is 4.66. The number of anilines is 1. The van der Waals surface area contributed by atoms with Crippen LogP contribution in [0.25, 0.3) is 0 Å². The highest BCUT2D eigenvalue weighted by molar-refractivity contribution is 5.92. The van der Waals surface area contributed by atoms with Gasteiger partial charge in [-0.25, -0.2) is 5.84 Å². The van der Waals surface area contributed by atoms with Gasteiger partial charge in [0.25, 0.3) is 5.91 Å². The number of ether oxygens (including phenoxy) is 1. The Bertz CT molecular complexity index is 421. The van der Waals surface area contributed by atoms with Crippen molar-refractivity contribution < 1.29 is 9.53 Å². The van der Waals surface area contributed by atoms with Gasteiger partial charge in [0.1, 0.15) is 0 Å². The van der Waals surface area contributed by atoms with E-state index in [-0.39, 0.29) is 5.91 Å². The van der Waals surface area contributed by atoms with Crippen LogP contribution in [0.15, 0.2) is 12.1 Å². The zero-order valence-corrected chi connectivity index (χ0v) is 11.0. The first-order valence-electron chi connectivity index (χ1n) is 6.33. The first-order valence-corrected chi connectivity index (χ1v) is 6.33. The first kappa shape index (κ1) is 13.7. The molecule has 1 amide bonds. The molecule has 7 heteroatoms. The molecule has 7 nitrogen and oxygen atoms in total. The highest BCUT2D eigenvalue weighted by Gasteiger charge is 2.25. The number of nitrogens with one attached hydrogen (secondary N) is 1. The van der Waals surface area contributed by atoms with E-state index in [4.69, 9.17) is 10.6 Å². The quantitative estimate of drug-likeness (QED) is 0.599. The normalized spacial score (nSPS) is 19.3. The molecule has 0 bridgehead atoms. The number of methoxy groups -OCH3 is 1. The smallest absolute Gasteiger partial charge is 0.274 e. The lowest BCUT2D eigenvalue weighted by Crippen LogP contribution is -2.41. The molecule has 19 heavy (non-hydrogen) atoms. The number of hydrogen-bond acceptors (Lipinski definition) is 6. The molecule has 3 N–H and O–H groups in total. The molecule has 2 rings (SSSR count). The van der Waals surface area contributed by atoms with Gasteiger partial charge in [0.15, 0.2) is 11.5 Å². The molecular weight excluding hydrogens is 246 g/mol. The van der Waals surface area contributed by atoms with Gasteiger partial charge in [0.05, 0.1) is 6.61 Å². The van der Waals surface area contributed by atoms with Gasteiger partial charge in [-0.05, 0) is 30.9 Å². The summed E-state index contributed by atoms with van der Waals surface area (Å²) in [6.07, 6.45) is 2.09. The zero-order chi connectivity index (χ0) is 13.7. The lowest BCUT2D eigenvalue weighted by atomic mass is 9.99. The van der Waals surface area contributed by atoms with Gasteiger partial charge in [-0.1, -0.05) is 0 Å². The predicted molar refractivity (Wildman–Crippen MR) is 70.3 cm³/mol. The van der Waals surface area contributed by atoms with Crippen molar-refractivity contribution in [2.24, 2.45) is 11.8 Å². The molecule has 1 saturated heterocycles. The number of hydrazine groups is 1. The van der Waals surface area contributed by atoms with E-state index in [9.17, 15) is 4.79 Å². The molecule has 0 spiro atoms. The molecule has 0 radical (unpaired) electrons. The Labute approximate surface area is 112 Å². The largest absolute Gasteiger partial charge is 0.384 e. The lowest BCUT2D eigenvalue weighted by Gasteiger charge is -2.32. The van der Waals surface area contributed by atoms with Gasteiger partial charge in [-0.3, -0.25) is 4.79 Å². The molecule has 0 aliphatic carbocycles. The number of nitrogens with zero attached hydrogens (tertiary/aromatic N) is 3. The van der Waals surface area contributed by atoms with E-state index in [0.29, 0.717) is 30.6 Å². The van der Waals surface area contributed by atoms with E-state index in [2.05, 4.69) is 15.6 Å². The maximum absolute atomic E-state index is 12.3. The second-order valence-electron chi connectivity index (χ2n) is 4.66. The van der Waals surface area contributed by atoms with E-state index in [1.54, 1.807) is 19.2 Å². The number of rotatable bonds is 4. The highest BCUT2D eigenvalue weighted by Crippen LogP contribution is 2.18. The third-order valence-electron chi connectivity index (χ3n) is 3.24. The van der Waals surface area contributed by atoms with Gasteiger partial charge in [0, 0.05) is 20.2 Å². The fourth-order valence-corrected chi connectivity index (χ4v) is 2.31. The Balaban J connectivity index is 2.01. The summed E-state index contributed by atoms with van der Waals surface area (Å²) in [6, 6.07) is 3.27. The van der Waals surface area contributed by atoms with Gasteiger partial charge in [-0.15, -0.1) is 10.2 Å². The SMILES string of the molecule is COCC1CCCN(C(=O)c2ccc(NN)nn2)C1. The standard InChI is InChI=1S/C12H19N5O2/c1-19-8-9-3-2-6-17(7-9)12(18)10-4-5-11(14-13)16-15-10/h4-5,9H,2-3,6-8,13H2,1H3,(H,14,16). The predicted octanol–water partition coefficient (Wildman–Crippen LogP) is 0.261. The minimum atomic E-state index is -0.0862. The molecule has 2 heterocycles. The van der Waals surface area contributed by atoms with Crippen LogP contribution in [0.4, 0.5) is 5.82 Å². The Hall–Kier alpha value is -1.73. The van der Waals surface area contributed by atoms with Crippen molar-refractivity contribution in [2.45, 2.75) is 12.8 Å². The number of amides is 1. The number of nitrogen functional groups attached to an aromatic ring is 1. The van der Waals surface area contributed by atoms with Crippen molar-refractivity contribution in [3.63, 3.8) is 0 Å². The lowest BCUT2D eigenvalue weighted by molar-refractivity contribution is 0.0564. The Kier molecular flexibility index (Phi) is 4.64. The summed E-state index contributed by atoms with van der Waals surface area (Å²) in [5.74, 6) is 5.96. The van der Waals surface area contributed by atoms with Crippen molar-refractivity contribution in [3.05, 3.63) is 17.8 Å². The molecule has 0 aromatic carbocycles. The Morgan fingerprint density at radius 3 is 3.05 bits per heavy atom. The van der Waals surface area contributed by atoms with Crippen LogP contribution in [0, 0.1) is 5.92 Å².